The van der Waals surface area contributed by atoms with Crippen LogP contribution in [0.5, 0.6) is 5.75 Å². The number of hydrogen-bond donors (Lipinski definition) is 0. The third-order valence-corrected chi connectivity index (χ3v) is 2.97. The highest BCUT2D eigenvalue weighted by Crippen LogP contribution is 2.23. The number of aryl methyl sites for hydroxylation is 1. The number of carbonyl (C=O) groups is 1. The standard InChI is InChI=1S/C14H13N3O.C2H4O2/c1-10-9-13(17-14(16-10)7-8-15-17)11-3-5-12(18-2)6-4-11;1-4-2-3/h3-9H,1-2H3;2H,1H3. The second kappa shape index (κ2) is 7.21. The molecule has 0 amide bonds. The molecule has 3 rings (SSSR count). The van der Waals surface area contributed by atoms with Crippen molar-refractivity contribution < 1.29 is 14.3 Å². The summed E-state index contributed by atoms with van der Waals surface area (Å²) in [4.78, 5) is 13.4. The third-order valence-electron chi connectivity index (χ3n) is 2.97. The lowest BCUT2D eigenvalue weighted by atomic mass is 10.1. The van der Waals surface area contributed by atoms with Crippen molar-refractivity contribution in [1.82, 2.24) is 14.6 Å². The van der Waals surface area contributed by atoms with Gasteiger partial charge in [-0.05, 0) is 37.3 Å². The Bertz CT molecular complexity index is 751. The zero-order chi connectivity index (χ0) is 15.9. The van der Waals surface area contributed by atoms with Gasteiger partial charge in [0.15, 0.2) is 5.65 Å². The number of methoxy groups -OCH3 is 2. The first-order valence-corrected chi connectivity index (χ1v) is 6.62. The summed E-state index contributed by atoms with van der Waals surface area (Å²) in [7, 11) is 2.98. The molecule has 22 heavy (non-hydrogen) atoms. The summed E-state index contributed by atoms with van der Waals surface area (Å²) in [6, 6.07) is 11.9. The normalized spacial score (nSPS) is 9.77. The van der Waals surface area contributed by atoms with E-state index >= 15 is 0 Å². The maximum atomic E-state index is 8.95. The molecule has 0 saturated heterocycles. The van der Waals surface area contributed by atoms with E-state index in [1.807, 2.05) is 47.8 Å². The molecule has 6 heteroatoms. The summed E-state index contributed by atoms with van der Waals surface area (Å²) < 4.78 is 10.9. The minimum Gasteiger partial charge on any atom is -0.497 e. The van der Waals surface area contributed by atoms with Crippen LogP contribution in [-0.4, -0.2) is 35.3 Å². The lowest BCUT2D eigenvalue weighted by molar-refractivity contribution is -0.126. The topological polar surface area (TPSA) is 65.7 Å². The Balaban J connectivity index is 0.000000396. The Morgan fingerprint density at radius 2 is 1.82 bits per heavy atom. The molecular weight excluding hydrogens is 282 g/mol. The second-order valence-electron chi connectivity index (χ2n) is 4.44. The molecule has 0 atom stereocenters. The van der Waals surface area contributed by atoms with Gasteiger partial charge in [0, 0.05) is 17.3 Å². The van der Waals surface area contributed by atoms with Gasteiger partial charge in [-0.3, -0.25) is 4.79 Å². The first-order chi connectivity index (χ1) is 10.7. The van der Waals surface area contributed by atoms with Gasteiger partial charge in [0.1, 0.15) is 5.75 Å². The smallest absolute Gasteiger partial charge is 0.292 e. The fourth-order valence-corrected chi connectivity index (χ4v) is 2.01. The maximum absolute atomic E-state index is 8.95. The number of carbonyl (C=O) groups excluding carboxylic acids is 1. The molecular formula is C16H17N3O3. The largest absolute Gasteiger partial charge is 0.497 e. The van der Waals surface area contributed by atoms with Crippen LogP contribution >= 0.6 is 0 Å². The van der Waals surface area contributed by atoms with Crippen LogP contribution in [0.25, 0.3) is 16.9 Å². The van der Waals surface area contributed by atoms with E-state index in [4.69, 9.17) is 9.53 Å². The van der Waals surface area contributed by atoms with Crippen molar-refractivity contribution in [2.75, 3.05) is 14.2 Å². The number of fused-ring (bicyclic) bond motifs is 1. The van der Waals surface area contributed by atoms with Gasteiger partial charge < -0.3 is 9.47 Å². The van der Waals surface area contributed by atoms with E-state index in [9.17, 15) is 0 Å². The zero-order valence-corrected chi connectivity index (χ0v) is 12.7. The fraction of sp³-hybridized carbons (Fsp3) is 0.188. The molecule has 0 aliphatic rings. The number of ether oxygens (including phenoxy) is 2. The lowest BCUT2D eigenvalue weighted by Crippen LogP contribution is -1.97. The summed E-state index contributed by atoms with van der Waals surface area (Å²) in [5.41, 5.74) is 3.97. The van der Waals surface area contributed by atoms with Gasteiger partial charge in [-0.25, -0.2) is 9.50 Å². The number of rotatable bonds is 3. The van der Waals surface area contributed by atoms with Crippen molar-refractivity contribution in [1.29, 1.82) is 0 Å². The van der Waals surface area contributed by atoms with Crippen LogP contribution in [0.15, 0.2) is 42.6 Å². The Morgan fingerprint density at radius 1 is 1.14 bits per heavy atom. The second-order valence-corrected chi connectivity index (χ2v) is 4.44. The summed E-state index contributed by atoms with van der Waals surface area (Å²) in [6.45, 7) is 2.36. The van der Waals surface area contributed by atoms with Crippen molar-refractivity contribution >= 4 is 12.1 Å². The molecule has 0 N–H and O–H groups in total. The quantitative estimate of drug-likeness (QED) is 0.695. The molecule has 6 nitrogen and oxygen atoms in total. The van der Waals surface area contributed by atoms with E-state index in [2.05, 4.69) is 14.8 Å². The van der Waals surface area contributed by atoms with Crippen molar-refractivity contribution in [3.8, 4) is 17.0 Å². The summed E-state index contributed by atoms with van der Waals surface area (Å²) >= 11 is 0. The van der Waals surface area contributed by atoms with Crippen LogP contribution in [0.2, 0.25) is 0 Å². The highest BCUT2D eigenvalue weighted by atomic mass is 16.5. The van der Waals surface area contributed by atoms with Crippen LogP contribution in [0.1, 0.15) is 5.69 Å². The van der Waals surface area contributed by atoms with Gasteiger partial charge in [-0.2, -0.15) is 5.10 Å². The number of aromatic nitrogens is 3. The van der Waals surface area contributed by atoms with Crippen molar-refractivity contribution in [2.45, 2.75) is 6.92 Å². The number of benzene rings is 1. The minimum absolute atomic E-state index is 0.375. The van der Waals surface area contributed by atoms with E-state index in [0.29, 0.717) is 6.47 Å². The fourth-order valence-electron chi connectivity index (χ4n) is 2.01. The van der Waals surface area contributed by atoms with E-state index in [1.54, 1.807) is 13.3 Å². The summed E-state index contributed by atoms with van der Waals surface area (Å²) in [5.74, 6) is 0.848. The van der Waals surface area contributed by atoms with Crippen LogP contribution in [0, 0.1) is 6.92 Å². The van der Waals surface area contributed by atoms with Gasteiger partial charge in [0.05, 0.1) is 26.1 Å². The lowest BCUT2D eigenvalue weighted by Gasteiger charge is -2.07. The molecule has 3 aromatic rings. The van der Waals surface area contributed by atoms with E-state index in [-0.39, 0.29) is 0 Å². The highest BCUT2D eigenvalue weighted by molar-refractivity contribution is 5.63. The minimum atomic E-state index is 0.375. The Hall–Kier alpha value is -2.89. The number of nitrogens with zero attached hydrogens (tertiary/aromatic N) is 3. The molecule has 2 aromatic heterocycles. The summed E-state index contributed by atoms with van der Waals surface area (Å²) in [5, 5.41) is 4.30. The SMILES string of the molecule is COC=O.COc1ccc(-c2cc(C)nc3ccnn23)cc1. The van der Waals surface area contributed by atoms with E-state index < -0.39 is 0 Å². The van der Waals surface area contributed by atoms with Crippen LogP contribution in [0.3, 0.4) is 0 Å². The molecule has 1 aromatic carbocycles. The molecule has 2 heterocycles. The number of hydrogen-bond acceptors (Lipinski definition) is 5. The monoisotopic (exact) mass is 299 g/mol. The molecule has 114 valence electrons. The van der Waals surface area contributed by atoms with Gasteiger partial charge in [-0.1, -0.05) is 0 Å². The molecule has 0 radical (unpaired) electrons. The average Bonchev–Trinajstić information content (AvgIpc) is 3.02. The van der Waals surface area contributed by atoms with Crippen molar-refractivity contribution in [3.05, 3.63) is 48.3 Å². The predicted molar refractivity (Wildman–Crippen MR) is 82.8 cm³/mol. The van der Waals surface area contributed by atoms with Gasteiger partial charge >= 0.3 is 0 Å². The Labute approximate surface area is 128 Å². The molecule has 0 spiro atoms. The van der Waals surface area contributed by atoms with E-state index in [0.717, 1.165) is 28.3 Å². The molecule has 0 fully saturated rings. The van der Waals surface area contributed by atoms with Crippen molar-refractivity contribution in [2.24, 2.45) is 0 Å². The predicted octanol–water partition coefficient (Wildman–Crippen LogP) is 2.50. The van der Waals surface area contributed by atoms with Crippen molar-refractivity contribution in [3.63, 3.8) is 0 Å². The third kappa shape index (κ3) is 3.41. The van der Waals surface area contributed by atoms with Gasteiger partial charge in [0.25, 0.3) is 6.47 Å². The Kier molecular flexibility index (Phi) is 5.08. The highest BCUT2D eigenvalue weighted by Gasteiger charge is 2.06. The maximum Gasteiger partial charge on any atom is 0.292 e. The molecule has 0 saturated carbocycles. The molecule has 0 aliphatic carbocycles. The van der Waals surface area contributed by atoms with Crippen LogP contribution < -0.4 is 4.74 Å². The Morgan fingerprint density at radius 3 is 2.41 bits per heavy atom. The first kappa shape index (κ1) is 15.5. The van der Waals surface area contributed by atoms with Gasteiger partial charge in [0.2, 0.25) is 0 Å². The van der Waals surface area contributed by atoms with Crippen LogP contribution in [0.4, 0.5) is 0 Å². The average molecular weight is 299 g/mol. The molecule has 0 aliphatic heterocycles. The zero-order valence-electron chi connectivity index (χ0n) is 12.7. The first-order valence-electron chi connectivity index (χ1n) is 6.62. The van der Waals surface area contributed by atoms with Crippen LogP contribution in [-0.2, 0) is 9.53 Å². The molecule has 0 bridgehead atoms. The van der Waals surface area contributed by atoms with E-state index in [1.165, 1.54) is 7.11 Å². The molecule has 0 unspecified atom stereocenters. The van der Waals surface area contributed by atoms with Gasteiger partial charge in [-0.15, -0.1) is 0 Å². The summed E-state index contributed by atoms with van der Waals surface area (Å²) in [6.07, 6.45) is 1.76.